The largest absolute Gasteiger partial charge is 0.508 e. The standard InChI is InChI=1S/C8H10O3.C6H6O.C4H10O/c1-11-8-4-6(5-9)2-3-7(8)10;7-6-4-2-1-3-5-6;1-3-5-4-2/h2-4,9-10H,5H2,1H3;1-5,7H;3-4H2,1-2H3. The lowest BCUT2D eigenvalue weighted by Crippen LogP contribution is -1.87. The van der Waals surface area contributed by atoms with Crippen LogP contribution in [0.3, 0.4) is 0 Å². The van der Waals surface area contributed by atoms with E-state index in [4.69, 9.17) is 24.8 Å². The van der Waals surface area contributed by atoms with Gasteiger partial charge in [-0.25, -0.2) is 0 Å². The number of hydrogen-bond donors (Lipinski definition) is 3. The van der Waals surface area contributed by atoms with Crippen molar-refractivity contribution in [2.24, 2.45) is 0 Å². The van der Waals surface area contributed by atoms with E-state index in [1.165, 1.54) is 13.2 Å². The molecule has 0 aliphatic heterocycles. The molecule has 128 valence electrons. The quantitative estimate of drug-likeness (QED) is 0.804. The number of ether oxygens (including phenoxy) is 2. The number of para-hydroxylation sites is 1. The summed E-state index contributed by atoms with van der Waals surface area (Å²) < 4.78 is 9.66. The Morgan fingerprint density at radius 3 is 1.87 bits per heavy atom. The zero-order valence-corrected chi connectivity index (χ0v) is 13.9. The van der Waals surface area contributed by atoms with Crippen LogP contribution < -0.4 is 4.74 Å². The summed E-state index contributed by atoms with van der Waals surface area (Å²) in [5.41, 5.74) is 0.722. The highest BCUT2D eigenvalue weighted by Gasteiger charge is 2.00. The monoisotopic (exact) mass is 322 g/mol. The molecule has 0 aliphatic rings. The molecule has 2 rings (SSSR count). The molecule has 0 bridgehead atoms. The van der Waals surface area contributed by atoms with Gasteiger partial charge in [-0.2, -0.15) is 0 Å². The van der Waals surface area contributed by atoms with Crippen molar-refractivity contribution in [3.8, 4) is 17.2 Å². The topological polar surface area (TPSA) is 79.2 Å². The average molecular weight is 322 g/mol. The zero-order chi connectivity index (χ0) is 17.5. The Bertz CT molecular complexity index is 512. The highest BCUT2D eigenvalue weighted by atomic mass is 16.5. The van der Waals surface area contributed by atoms with Gasteiger partial charge in [0.15, 0.2) is 11.5 Å². The van der Waals surface area contributed by atoms with Crippen LogP contribution in [0.25, 0.3) is 0 Å². The van der Waals surface area contributed by atoms with Crippen molar-refractivity contribution < 1.29 is 24.8 Å². The van der Waals surface area contributed by atoms with Gasteiger partial charge in [0.25, 0.3) is 0 Å². The van der Waals surface area contributed by atoms with E-state index >= 15 is 0 Å². The van der Waals surface area contributed by atoms with Gasteiger partial charge in [0.1, 0.15) is 5.75 Å². The van der Waals surface area contributed by atoms with Crippen LogP contribution in [0.1, 0.15) is 19.4 Å². The van der Waals surface area contributed by atoms with Gasteiger partial charge in [0.05, 0.1) is 13.7 Å². The van der Waals surface area contributed by atoms with Crippen LogP contribution in [0.4, 0.5) is 0 Å². The Kier molecular flexibility index (Phi) is 12.1. The summed E-state index contributed by atoms with van der Waals surface area (Å²) in [6, 6.07) is 13.4. The van der Waals surface area contributed by atoms with Gasteiger partial charge >= 0.3 is 0 Å². The summed E-state index contributed by atoms with van der Waals surface area (Å²) in [6.07, 6.45) is 0. The van der Waals surface area contributed by atoms with E-state index in [1.54, 1.807) is 36.4 Å². The molecule has 0 amide bonds. The van der Waals surface area contributed by atoms with Gasteiger partial charge in [-0.05, 0) is 43.7 Å². The fourth-order valence-electron chi connectivity index (χ4n) is 1.45. The van der Waals surface area contributed by atoms with E-state index in [1.807, 2.05) is 19.9 Å². The van der Waals surface area contributed by atoms with Crippen molar-refractivity contribution in [1.82, 2.24) is 0 Å². The molecule has 5 heteroatoms. The first-order valence-electron chi connectivity index (χ1n) is 7.37. The number of methoxy groups -OCH3 is 1. The predicted molar refractivity (Wildman–Crippen MR) is 90.9 cm³/mol. The van der Waals surface area contributed by atoms with Crippen LogP contribution in [0.2, 0.25) is 0 Å². The first-order valence-corrected chi connectivity index (χ1v) is 7.37. The Balaban J connectivity index is 0.000000347. The van der Waals surface area contributed by atoms with Gasteiger partial charge < -0.3 is 24.8 Å². The third-order valence-corrected chi connectivity index (χ3v) is 2.59. The van der Waals surface area contributed by atoms with Gasteiger partial charge in [0.2, 0.25) is 0 Å². The van der Waals surface area contributed by atoms with Crippen molar-refractivity contribution in [3.05, 3.63) is 54.1 Å². The highest BCUT2D eigenvalue weighted by molar-refractivity contribution is 5.41. The van der Waals surface area contributed by atoms with Crippen molar-refractivity contribution in [2.75, 3.05) is 20.3 Å². The van der Waals surface area contributed by atoms with Gasteiger partial charge in [0, 0.05) is 13.2 Å². The summed E-state index contributed by atoms with van der Waals surface area (Å²) in [6.45, 7) is 5.62. The number of aliphatic hydroxyl groups is 1. The van der Waals surface area contributed by atoms with E-state index in [9.17, 15) is 0 Å². The first-order chi connectivity index (χ1) is 11.1. The molecule has 0 aliphatic carbocycles. The minimum absolute atomic E-state index is 0.0450. The van der Waals surface area contributed by atoms with Crippen LogP contribution in [-0.2, 0) is 11.3 Å². The molecule has 0 atom stereocenters. The molecule has 0 aromatic heterocycles. The molecule has 0 unspecified atom stereocenters. The van der Waals surface area contributed by atoms with Crippen LogP contribution >= 0.6 is 0 Å². The van der Waals surface area contributed by atoms with E-state index in [-0.39, 0.29) is 12.4 Å². The SMILES string of the molecule is CCOCC.COc1cc(CO)ccc1O.Oc1ccccc1. The molecular formula is C18H26O5. The Morgan fingerprint density at radius 2 is 1.52 bits per heavy atom. The second kappa shape index (κ2) is 13.4. The summed E-state index contributed by atoms with van der Waals surface area (Å²) in [7, 11) is 1.47. The summed E-state index contributed by atoms with van der Waals surface area (Å²) >= 11 is 0. The van der Waals surface area contributed by atoms with Crippen molar-refractivity contribution in [3.63, 3.8) is 0 Å². The van der Waals surface area contributed by atoms with Crippen LogP contribution in [0.15, 0.2) is 48.5 Å². The number of phenols is 2. The molecule has 0 heterocycles. The summed E-state index contributed by atoms with van der Waals surface area (Å²) in [5, 5.41) is 26.5. The second-order valence-electron chi connectivity index (χ2n) is 4.28. The molecular weight excluding hydrogens is 296 g/mol. The molecule has 0 saturated heterocycles. The molecule has 2 aromatic rings. The predicted octanol–water partition coefficient (Wildman–Crippen LogP) is 3.33. The molecule has 2 aromatic carbocycles. The van der Waals surface area contributed by atoms with Gasteiger partial charge in [-0.3, -0.25) is 0 Å². The molecule has 0 saturated carbocycles. The van der Waals surface area contributed by atoms with E-state index in [0.717, 1.165) is 18.8 Å². The number of aliphatic hydroxyl groups excluding tert-OH is 1. The van der Waals surface area contributed by atoms with Crippen molar-refractivity contribution in [1.29, 1.82) is 0 Å². The maximum atomic E-state index is 9.12. The molecule has 0 spiro atoms. The van der Waals surface area contributed by atoms with Gasteiger partial charge in [-0.15, -0.1) is 0 Å². The highest BCUT2D eigenvalue weighted by Crippen LogP contribution is 2.25. The number of hydrogen-bond acceptors (Lipinski definition) is 5. The molecule has 23 heavy (non-hydrogen) atoms. The van der Waals surface area contributed by atoms with E-state index < -0.39 is 0 Å². The Labute approximate surface area is 137 Å². The fraction of sp³-hybridized carbons (Fsp3) is 0.333. The van der Waals surface area contributed by atoms with Crippen LogP contribution in [0.5, 0.6) is 17.2 Å². The smallest absolute Gasteiger partial charge is 0.160 e. The van der Waals surface area contributed by atoms with Crippen molar-refractivity contribution in [2.45, 2.75) is 20.5 Å². The lowest BCUT2D eigenvalue weighted by Gasteiger charge is -2.03. The zero-order valence-electron chi connectivity index (χ0n) is 13.9. The lowest BCUT2D eigenvalue weighted by molar-refractivity contribution is 0.162. The Hall–Kier alpha value is -2.24. The third-order valence-electron chi connectivity index (χ3n) is 2.59. The van der Waals surface area contributed by atoms with Crippen LogP contribution in [0, 0.1) is 0 Å². The number of phenolic OH excluding ortho intramolecular Hbond substituents is 2. The maximum absolute atomic E-state index is 9.12. The van der Waals surface area contributed by atoms with Gasteiger partial charge in [-0.1, -0.05) is 24.3 Å². The van der Waals surface area contributed by atoms with Crippen molar-refractivity contribution >= 4 is 0 Å². The normalized spacial score (nSPS) is 9.04. The molecule has 3 N–H and O–H groups in total. The van der Waals surface area contributed by atoms with E-state index in [0.29, 0.717) is 11.5 Å². The summed E-state index contributed by atoms with van der Waals surface area (Å²) in [5.74, 6) is 0.795. The van der Waals surface area contributed by atoms with Crippen LogP contribution in [-0.4, -0.2) is 35.6 Å². The minimum atomic E-state index is -0.0450. The fourth-order valence-corrected chi connectivity index (χ4v) is 1.45. The average Bonchev–Trinajstić information content (AvgIpc) is 2.58. The van der Waals surface area contributed by atoms with E-state index in [2.05, 4.69) is 0 Å². The molecule has 5 nitrogen and oxygen atoms in total. The number of rotatable bonds is 4. The maximum Gasteiger partial charge on any atom is 0.160 e. The second-order valence-corrected chi connectivity index (χ2v) is 4.28. The minimum Gasteiger partial charge on any atom is -0.508 e. The number of aromatic hydroxyl groups is 2. The molecule has 0 fully saturated rings. The molecule has 0 radical (unpaired) electrons. The number of benzene rings is 2. The third kappa shape index (κ3) is 10.2. The lowest BCUT2D eigenvalue weighted by atomic mass is 10.2. The first kappa shape index (κ1) is 20.8. The Morgan fingerprint density at radius 1 is 0.913 bits per heavy atom. The summed E-state index contributed by atoms with van der Waals surface area (Å²) in [4.78, 5) is 0.